The summed E-state index contributed by atoms with van der Waals surface area (Å²) in [7, 11) is 0. The van der Waals surface area contributed by atoms with Gasteiger partial charge in [-0.3, -0.25) is 14.3 Å². The van der Waals surface area contributed by atoms with Crippen LogP contribution in [0.2, 0.25) is 0 Å². The SMILES string of the molecule is O=C(CN1CCC(Oc2ccc(OC(F)(F)F)cc2)CC1)NC1COc2nc([N+](=O)[O-])cn2C1. The molecule has 11 nitrogen and oxygen atoms in total. The van der Waals surface area contributed by atoms with Crippen molar-refractivity contribution in [3.05, 3.63) is 40.6 Å². The number of nitrogens with zero attached hydrogens (tertiary/aromatic N) is 4. The fraction of sp³-hybridized carbons (Fsp3) is 0.500. The van der Waals surface area contributed by atoms with E-state index in [0.29, 0.717) is 38.2 Å². The third kappa shape index (κ3) is 6.27. The largest absolute Gasteiger partial charge is 0.573 e. The van der Waals surface area contributed by atoms with E-state index in [1.54, 1.807) is 0 Å². The molecule has 2 aliphatic rings. The predicted octanol–water partition coefficient (Wildman–Crippen LogP) is 2.11. The topological polar surface area (TPSA) is 121 Å². The lowest BCUT2D eigenvalue weighted by molar-refractivity contribution is -0.389. The highest BCUT2D eigenvalue weighted by Gasteiger charge is 2.31. The lowest BCUT2D eigenvalue weighted by Crippen LogP contribution is -2.49. The smallest absolute Gasteiger partial charge is 0.490 e. The van der Waals surface area contributed by atoms with Gasteiger partial charge in [-0.2, -0.15) is 0 Å². The summed E-state index contributed by atoms with van der Waals surface area (Å²) in [5, 5.41) is 13.7. The Hall–Kier alpha value is -3.55. The van der Waals surface area contributed by atoms with Crippen molar-refractivity contribution in [2.45, 2.75) is 37.9 Å². The molecule has 34 heavy (non-hydrogen) atoms. The Morgan fingerprint density at radius 2 is 1.91 bits per heavy atom. The Labute approximate surface area is 191 Å². The van der Waals surface area contributed by atoms with Gasteiger partial charge in [-0.15, -0.1) is 13.2 Å². The summed E-state index contributed by atoms with van der Waals surface area (Å²) in [5.74, 6) is -0.363. The van der Waals surface area contributed by atoms with E-state index in [4.69, 9.17) is 9.47 Å². The lowest BCUT2D eigenvalue weighted by atomic mass is 10.1. The van der Waals surface area contributed by atoms with Crippen molar-refractivity contribution in [1.82, 2.24) is 19.8 Å². The normalized spacial score (nSPS) is 19.1. The number of piperidine rings is 1. The minimum absolute atomic E-state index is 0.115. The van der Waals surface area contributed by atoms with Crippen molar-refractivity contribution in [2.24, 2.45) is 0 Å². The molecular weight excluding hydrogens is 463 g/mol. The van der Waals surface area contributed by atoms with Gasteiger partial charge in [0, 0.05) is 18.1 Å². The first-order valence-electron chi connectivity index (χ1n) is 10.5. The fourth-order valence-corrected chi connectivity index (χ4v) is 3.85. The standard InChI is InChI=1S/C20H22F3N5O6/c21-20(22,23)34-16-3-1-14(2-4-16)33-15-5-7-26(8-6-15)11-18(29)24-13-9-27-10-17(28(30)31)25-19(27)32-12-13/h1-4,10,13,15H,5-9,11-12H2,(H,24,29). The maximum absolute atomic E-state index is 12.4. The summed E-state index contributed by atoms with van der Waals surface area (Å²) in [5.41, 5.74) is 0. The van der Waals surface area contributed by atoms with Crippen LogP contribution in [0.15, 0.2) is 30.5 Å². The van der Waals surface area contributed by atoms with Crippen molar-refractivity contribution >= 4 is 11.7 Å². The molecule has 0 spiro atoms. The van der Waals surface area contributed by atoms with Crippen LogP contribution in [0.25, 0.3) is 0 Å². The van der Waals surface area contributed by atoms with Crippen LogP contribution in [-0.2, 0) is 11.3 Å². The molecule has 1 aromatic heterocycles. The van der Waals surface area contributed by atoms with Crippen molar-refractivity contribution in [3.63, 3.8) is 0 Å². The summed E-state index contributed by atoms with van der Waals surface area (Å²) in [6.07, 6.45) is -2.27. The Morgan fingerprint density at radius 3 is 2.56 bits per heavy atom. The first-order chi connectivity index (χ1) is 16.1. The first kappa shape index (κ1) is 23.6. The zero-order chi connectivity index (χ0) is 24.3. The maximum atomic E-state index is 12.4. The van der Waals surface area contributed by atoms with Crippen LogP contribution in [0.4, 0.5) is 19.0 Å². The van der Waals surface area contributed by atoms with Gasteiger partial charge in [0.05, 0.1) is 19.1 Å². The molecule has 0 aliphatic carbocycles. The number of fused-ring (bicyclic) bond motifs is 1. The van der Waals surface area contributed by atoms with Gasteiger partial charge in [-0.1, -0.05) is 0 Å². The number of hydrogen-bond acceptors (Lipinski definition) is 8. The second kappa shape index (κ2) is 9.75. The zero-order valence-electron chi connectivity index (χ0n) is 17.9. The van der Waals surface area contributed by atoms with Crippen LogP contribution in [0, 0.1) is 10.1 Å². The Bertz CT molecular complexity index is 1020. The summed E-state index contributed by atoms with van der Waals surface area (Å²) >= 11 is 0. The molecule has 2 aromatic rings. The average Bonchev–Trinajstić information content (AvgIpc) is 3.19. The van der Waals surface area contributed by atoms with Crippen molar-refractivity contribution in [2.75, 3.05) is 26.2 Å². The molecule has 2 aliphatic heterocycles. The van der Waals surface area contributed by atoms with Crippen LogP contribution >= 0.6 is 0 Å². The van der Waals surface area contributed by atoms with Gasteiger partial charge in [-0.25, -0.2) is 0 Å². The van der Waals surface area contributed by atoms with Crippen LogP contribution in [0.5, 0.6) is 17.5 Å². The molecule has 4 rings (SSSR count). The molecule has 1 fully saturated rings. The van der Waals surface area contributed by atoms with E-state index in [-0.39, 0.29) is 48.8 Å². The highest BCUT2D eigenvalue weighted by Crippen LogP contribution is 2.26. The Balaban J connectivity index is 1.18. The average molecular weight is 485 g/mol. The third-order valence-electron chi connectivity index (χ3n) is 5.37. The van der Waals surface area contributed by atoms with Crippen LogP contribution in [0.1, 0.15) is 12.8 Å². The van der Waals surface area contributed by atoms with E-state index in [9.17, 15) is 28.1 Å². The summed E-state index contributed by atoms with van der Waals surface area (Å²) in [6.45, 7) is 1.91. The highest BCUT2D eigenvalue weighted by molar-refractivity contribution is 5.78. The molecule has 1 unspecified atom stereocenters. The molecule has 0 saturated carbocycles. The minimum Gasteiger partial charge on any atom is -0.490 e. The number of ether oxygens (including phenoxy) is 3. The number of halogens is 3. The monoisotopic (exact) mass is 485 g/mol. The van der Waals surface area contributed by atoms with Gasteiger partial charge >= 0.3 is 18.2 Å². The second-order valence-electron chi connectivity index (χ2n) is 7.98. The lowest BCUT2D eigenvalue weighted by Gasteiger charge is -2.32. The van der Waals surface area contributed by atoms with E-state index in [1.807, 2.05) is 4.90 Å². The van der Waals surface area contributed by atoms with E-state index in [1.165, 1.54) is 35.0 Å². The molecule has 14 heteroatoms. The second-order valence-corrected chi connectivity index (χ2v) is 7.98. The number of nitrogens with one attached hydrogen (secondary N) is 1. The number of aromatic nitrogens is 2. The van der Waals surface area contributed by atoms with Crippen LogP contribution in [-0.4, -0.2) is 70.0 Å². The van der Waals surface area contributed by atoms with E-state index in [0.717, 1.165) is 0 Å². The number of amides is 1. The van der Waals surface area contributed by atoms with Crippen LogP contribution in [0.3, 0.4) is 0 Å². The van der Waals surface area contributed by atoms with Gasteiger partial charge < -0.3 is 29.6 Å². The van der Waals surface area contributed by atoms with E-state index >= 15 is 0 Å². The van der Waals surface area contributed by atoms with Gasteiger partial charge in [0.25, 0.3) is 0 Å². The molecular formula is C20H22F3N5O6. The number of imidazole rings is 1. The fourth-order valence-electron chi connectivity index (χ4n) is 3.85. The molecule has 1 atom stereocenters. The summed E-state index contributed by atoms with van der Waals surface area (Å²) in [4.78, 5) is 28.4. The molecule has 1 amide bonds. The number of alkyl halides is 3. The highest BCUT2D eigenvalue weighted by atomic mass is 19.4. The Morgan fingerprint density at radius 1 is 1.24 bits per heavy atom. The first-order valence-corrected chi connectivity index (χ1v) is 10.5. The third-order valence-corrected chi connectivity index (χ3v) is 5.37. The molecule has 1 aromatic carbocycles. The number of benzene rings is 1. The van der Waals surface area contributed by atoms with Gasteiger partial charge in [0.1, 0.15) is 30.4 Å². The summed E-state index contributed by atoms with van der Waals surface area (Å²) in [6, 6.07) is 5.06. The molecule has 3 heterocycles. The number of rotatable bonds is 7. The van der Waals surface area contributed by atoms with Gasteiger partial charge in [0.2, 0.25) is 5.91 Å². The van der Waals surface area contributed by atoms with Gasteiger partial charge in [0.15, 0.2) is 0 Å². The number of hydrogen-bond donors (Lipinski definition) is 1. The maximum Gasteiger partial charge on any atom is 0.573 e. The number of carbonyl (C=O) groups excluding carboxylic acids is 1. The van der Waals surface area contributed by atoms with Crippen molar-refractivity contribution in [3.8, 4) is 17.5 Å². The molecule has 0 bridgehead atoms. The zero-order valence-corrected chi connectivity index (χ0v) is 17.9. The number of carbonyl (C=O) groups is 1. The van der Waals surface area contributed by atoms with Gasteiger partial charge in [-0.05, 0) is 42.0 Å². The predicted molar refractivity (Wildman–Crippen MR) is 110 cm³/mol. The van der Waals surface area contributed by atoms with Crippen LogP contribution < -0.4 is 19.5 Å². The van der Waals surface area contributed by atoms with E-state index in [2.05, 4.69) is 15.0 Å². The van der Waals surface area contributed by atoms with Crippen molar-refractivity contribution in [1.29, 1.82) is 0 Å². The van der Waals surface area contributed by atoms with E-state index < -0.39 is 11.3 Å². The van der Waals surface area contributed by atoms with Crippen molar-refractivity contribution < 1.29 is 37.1 Å². The minimum atomic E-state index is -4.74. The number of nitro groups is 1. The quantitative estimate of drug-likeness (QED) is 0.468. The molecule has 0 radical (unpaired) electrons. The molecule has 1 saturated heterocycles. The summed E-state index contributed by atoms with van der Waals surface area (Å²) < 4.78 is 53.3. The number of likely N-dealkylation sites (tertiary alicyclic amines) is 1. The molecule has 184 valence electrons. The molecule has 1 N–H and O–H groups in total. The Kier molecular flexibility index (Phi) is 6.77.